The summed E-state index contributed by atoms with van der Waals surface area (Å²) in [6.07, 6.45) is 1.62. The number of rotatable bonds is 3. The Morgan fingerprint density at radius 1 is 1.28 bits per heavy atom. The van der Waals surface area contributed by atoms with E-state index >= 15 is 0 Å². The molecule has 0 aliphatic rings. The van der Waals surface area contributed by atoms with Crippen molar-refractivity contribution >= 4 is 32.3 Å². The number of aromatic nitrogens is 1. The zero-order valence-electron chi connectivity index (χ0n) is 10.2. The lowest BCUT2D eigenvalue weighted by Gasteiger charge is -2.13. The van der Waals surface area contributed by atoms with Crippen LogP contribution in [0.3, 0.4) is 0 Å². The van der Waals surface area contributed by atoms with Gasteiger partial charge in [0.25, 0.3) is 0 Å². The van der Waals surface area contributed by atoms with Crippen molar-refractivity contribution in [2.24, 2.45) is 0 Å². The van der Waals surface area contributed by atoms with Gasteiger partial charge in [-0.25, -0.2) is 8.42 Å². The maximum Gasteiger partial charge on any atom is 0.235 e. The van der Waals surface area contributed by atoms with Gasteiger partial charge in [0.05, 0.1) is 22.1 Å². The van der Waals surface area contributed by atoms with Crippen LogP contribution >= 0.6 is 0 Å². The Kier molecular flexibility index (Phi) is 3.13. The van der Waals surface area contributed by atoms with Crippen LogP contribution < -0.4 is 10.5 Å². The molecule has 0 saturated heterocycles. The van der Waals surface area contributed by atoms with Crippen LogP contribution in [0.25, 0.3) is 10.9 Å². The second kappa shape index (κ2) is 4.45. The molecule has 0 radical (unpaired) electrons. The fourth-order valence-corrected chi connectivity index (χ4v) is 2.27. The number of anilines is 2. The third kappa shape index (κ3) is 2.24. The number of nitrogen functional groups attached to an aromatic ring is 1. The predicted octanol–water partition coefficient (Wildman–Crippen LogP) is 1.97. The quantitative estimate of drug-likeness (QED) is 0.831. The Balaban J connectivity index is 2.57. The number of nitrogens with two attached hydrogens (primary N) is 1. The molecular formula is C12H15N3O2S. The van der Waals surface area contributed by atoms with Gasteiger partial charge in [-0.2, -0.15) is 0 Å². The smallest absolute Gasteiger partial charge is 0.235 e. The molecule has 1 aromatic carbocycles. The Morgan fingerprint density at radius 3 is 2.67 bits per heavy atom. The molecule has 0 atom stereocenters. The number of sulfonamides is 1. The number of pyridine rings is 1. The van der Waals surface area contributed by atoms with Gasteiger partial charge in [-0.3, -0.25) is 9.71 Å². The van der Waals surface area contributed by atoms with Crippen molar-refractivity contribution in [1.29, 1.82) is 0 Å². The second-order valence-corrected chi connectivity index (χ2v) is 6.53. The summed E-state index contributed by atoms with van der Waals surface area (Å²) in [5.74, 6) is 0. The standard InChI is InChI=1S/C12H15N3O2S/c1-8(2)18(16,17)15-11-6-5-10(13)12-9(11)4-3-7-14-12/h3-8,15H,13H2,1-2H3. The summed E-state index contributed by atoms with van der Waals surface area (Å²) < 4.78 is 26.3. The molecule has 0 amide bonds. The Hall–Kier alpha value is -1.82. The molecule has 3 N–H and O–H groups in total. The Bertz CT molecular complexity index is 681. The number of fused-ring (bicyclic) bond motifs is 1. The highest BCUT2D eigenvalue weighted by molar-refractivity contribution is 7.93. The summed E-state index contributed by atoms with van der Waals surface area (Å²) >= 11 is 0. The monoisotopic (exact) mass is 265 g/mol. The van der Waals surface area contributed by atoms with Crippen molar-refractivity contribution in [2.45, 2.75) is 19.1 Å². The molecule has 2 rings (SSSR count). The lowest BCUT2D eigenvalue weighted by atomic mass is 10.1. The SMILES string of the molecule is CC(C)S(=O)(=O)Nc1ccc(N)c2ncccc12. The summed E-state index contributed by atoms with van der Waals surface area (Å²) in [5, 5.41) is 0.198. The van der Waals surface area contributed by atoms with Gasteiger partial charge in [0.15, 0.2) is 0 Å². The van der Waals surface area contributed by atoms with Crippen LogP contribution in [-0.4, -0.2) is 18.7 Å². The highest BCUT2D eigenvalue weighted by Crippen LogP contribution is 2.27. The highest BCUT2D eigenvalue weighted by atomic mass is 32.2. The largest absolute Gasteiger partial charge is 0.397 e. The summed E-state index contributed by atoms with van der Waals surface area (Å²) in [6, 6.07) is 6.83. The van der Waals surface area contributed by atoms with Crippen molar-refractivity contribution in [3.05, 3.63) is 30.5 Å². The van der Waals surface area contributed by atoms with E-state index in [2.05, 4.69) is 9.71 Å². The number of benzene rings is 1. The number of nitrogens with zero attached hydrogens (tertiary/aromatic N) is 1. The summed E-state index contributed by atoms with van der Waals surface area (Å²) in [6.45, 7) is 3.25. The van der Waals surface area contributed by atoms with Crippen LogP contribution in [0, 0.1) is 0 Å². The van der Waals surface area contributed by atoms with Crippen molar-refractivity contribution in [3.8, 4) is 0 Å². The van der Waals surface area contributed by atoms with Crippen molar-refractivity contribution in [2.75, 3.05) is 10.5 Å². The van der Waals surface area contributed by atoms with Gasteiger partial charge in [-0.15, -0.1) is 0 Å². The third-order valence-corrected chi connectivity index (χ3v) is 4.42. The molecule has 1 aromatic heterocycles. The van der Waals surface area contributed by atoms with Gasteiger partial charge in [0.1, 0.15) is 0 Å². The van der Waals surface area contributed by atoms with Gasteiger partial charge in [0, 0.05) is 11.6 Å². The minimum atomic E-state index is -3.37. The molecule has 0 unspecified atom stereocenters. The second-order valence-electron chi connectivity index (χ2n) is 4.30. The molecule has 5 nitrogen and oxygen atoms in total. The molecule has 0 saturated carbocycles. The van der Waals surface area contributed by atoms with Gasteiger partial charge in [-0.1, -0.05) is 0 Å². The average Bonchev–Trinajstić information content (AvgIpc) is 2.33. The van der Waals surface area contributed by atoms with E-state index in [4.69, 9.17) is 5.73 Å². The third-order valence-electron chi connectivity index (χ3n) is 2.67. The maximum atomic E-state index is 11.9. The Morgan fingerprint density at radius 2 is 2.00 bits per heavy atom. The molecule has 0 aliphatic heterocycles. The first kappa shape index (κ1) is 12.6. The van der Waals surface area contributed by atoms with Gasteiger partial charge in [0.2, 0.25) is 10.0 Å². The van der Waals surface area contributed by atoms with Gasteiger partial charge in [-0.05, 0) is 38.1 Å². The molecule has 1 heterocycles. The fourth-order valence-electron chi connectivity index (χ4n) is 1.55. The van der Waals surface area contributed by atoms with E-state index in [1.165, 1.54) is 0 Å². The lowest BCUT2D eigenvalue weighted by Crippen LogP contribution is -2.22. The minimum absolute atomic E-state index is 0.498. The van der Waals surface area contributed by atoms with Crippen LogP contribution in [-0.2, 0) is 10.0 Å². The molecule has 0 bridgehead atoms. The van der Waals surface area contributed by atoms with Crippen LogP contribution in [0.2, 0.25) is 0 Å². The fraction of sp³-hybridized carbons (Fsp3) is 0.250. The van der Waals surface area contributed by atoms with Crippen LogP contribution in [0.15, 0.2) is 30.5 Å². The first-order chi connectivity index (χ1) is 8.42. The molecule has 96 valence electrons. The number of nitrogens with one attached hydrogen (secondary N) is 1. The van der Waals surface area contributed by atoms with E-state index in [1.54, 1.807) is 44.3 Å². The van der Waals surface area contributed by atoms with Crippen LogP contribution in [0.4, 0.5) is 11.4 Å². The number of hydrogen-bond donors (Lipinski definition) is 2. The van der Waals surface area contributed by atoms with Gasteiger partial charge < -0.3 is 5.73 Å². The molecule has 6 heteroatoms. The van der Waals surface area contributed by atoms with Crippen molar-refractivity contribution in [3.63, 3.8) is 0 Å². The molecule has 18 heavy (non-hydrogen) atoms. The van der Waals surface area contributed by atoms with E-state index < -0.39 is 15.3 Å². The highest BCUT2D eigenvalue weighted by Gasteiger charge is 2.17. The lowest BCUT2D eigenvalue weighted by molar-refractivity contribution is 0.593. The van der Waals surface area contributed by atoms with Gasteiger partial charge >= 0.3 is 0 Å². The number of hydrogen-bond acceptors (Lipinski definition) is 4. The minimum Gasteiger partial charge on any atom is -0.397 e. The Labute approximate surface area is 106 Å². The van der Waals surface area contributed by atoms with Crippen LogP contribution in [0.5, 0.6) is 0 Å². The van der Waals surface area contributed by atoms with Crippen LogP contribution in [0.1, 0.15) is 13.8 Å². The summed E-state index contributed by atoms with van der Waals surface area (Å²) in [5.41, 5.74) is 7.43. The molecule has 0 spiro atoms. The van der Waals surface area contributed by atoms with E-state index in [0.29, 0.717) is 22.3 Å². The first-order valence-electron chi connectivity index (χ1n) is 5.56. The van der Waals surface area contributed by atoms with E-state index in [9.17, 15) is 8.42 Å². The summed E-state index contributed by atoms with van der Waals surface area (Å²) in [4.78, 5) is 4.16. The van der Waals surface area contributed by atoms with E-state index in [1.807, 2.05) is 0 Å². The maximum absolute atomic E-state index is 11.9. The average molecular weight is 265 g/mol. The summed E-state index contributed by atoms with van der Waals surface area (Å²) in [7, 11) is -3.37. The van der Waals surface area contributed by atoms with E-state index in [-0.39, 0.29) is 0 Å². The zero-order valence-corrected chi connectivity index (χ0v) is 11.0. The first-order valence-corrected chi connectivity index (χ1v) is 7.11. The predicted molar refractivity (Wildman–Crippen MR) is 73.8 cm³/mol. The molecular weight excluding hydrogens is 250 g/mol. The van der Waals surface area contributed by atoms with E-state index in [0.717, 1.165) is 0 Å². The molecule has 0 aliphatic carbocycles. The zero-order chi connectivity index (χ0) is 13.3. The van der Waals surface area contributed by atoms with Crippen molar-refractivity contribution < 1.29 is 8.42 Å². The topological polar surface area (TPSA) is 85.1 Å². The normalized spacial score (nSPS) is 11.9. The molecule has 2 aromatic rings. The van der Waals surface area contributed by atoms with Crippen molar-refractivity contribution in [1.82, 2.24) is 4.98 Å². The molecule has 0 fully saturated rings.